The van der Waals surface area contributed by atoms with Crippen LogP contribution in [-0.4, -0.2) is 60.9 Å². The van der Waals surface area contributed by atoms with Gasteiger partial charge in [0.05, 0.1) is 18.3 Å². The van der Waals surface area contributed by atoms with Crippen LogP contribution in [0.15, 0.2) is 42.5 Å². The Labute approximate surface area is 270 Å². The van der Waals surface area contributed by atoms with E-state index in [0.29, 0.717) is 38.2 Å². The van der Waals surface area contributed by atoms with Gasteiger partial charge < -0.3 is 25.5 Å². The predicted molar refractivity (Wildman–Crippen MR) is 182 cm³/mol. The molecule has 1 aliphatic heterocycles. The van der Waals surface area contributed by atoms with Gasteiger partial charge in [0.15, 0.2) is 0 Å². The second kappa shape index (κ2) is 17.8. The van der Waals surface area contributed by atoms with Crippen molar-refractivity contribution in [1.82, 2.24) is 10.6 Å². The monoisotopic (exact) mass is 644 g/mol. The number of carbonyl (C=O) groups excluding carboxylic acids is 3. The first-order valence-corrected chi connectivity index (χ1v) is 17.5. The lowest BCUT2D eigenvalue weighted by Gasteiger charge is -2.26. The minimum atomic E-state index is -0.701. The van der Waals surface area contributed by atoms with Crippen LogP contribution in [0.3, 0.4) is 0 Å². The maximum atomic E-state index is 13.1. The van der Waals surface area contributed by atoms with Gasteiger partial charge in [0.25, 0.3) is 0 Å². The Bertz CT molecular complexity index is 1260. The zero-order valence-corrected chi connectivity index (χ0v) is 28.5. The number of anilines is 2. The smallest absolute Gasteiger partial charge is 0.246 e. The number of rotatable bonds is 19. The minimum absolute atomic E-state index is 0.103. The van der Waals surface area contributed by atoms with Gasteiger partial charge in [-0.2, -0.15) is 0 Å². The number of likely N-dealkylation sites (N-methyl/N-ethyl adjacent to an activating group) is 1. The molecule has 0 spiro atoms. The molecule has 0 radical (unpaired) electrons. The van der Waals surface area contributed by atoms with Gasteiger partial charge >= 0.3 is 0 Å². The Hall–Kier alpha value is -2.57. The number of methoxy groups -OCH3 is 1. The first-order chi connectivity index (χ1) is 21.0. The number of nitrogens with zero attached hydrogens (tertiary/aromatic N) is 1. The van der Waals surface area contributed by atoms with Gasteiger partial charge in [0.1, 0.15) is 18.4 Å². The second-order valence-corrected chi connectivity index (χ2v) is 15.0. The van der Waals surface area contributed by atoms with Crippen molar-refractivity contribution >= 4 is 50.6 Å². The van der Waals surface area contributed by atoms with Crippen molar-refractivity contribution in [2.24, 2.45) is 0 Å². The van der Waals surface area contributed by atoms with E-state index in [1.54, 1.807) is 42.5 Å². The lowest BCUT2D eigenvalue weighted by Crippen LogP contribution is -2.42. The number of hydrogen-bond donors (Lipinski definition) is 3. The van der Waals surface area contributed by atoms with Crippen LogP contribution in [0.1, 0.15) is 70.1 Å². The number of benzene rings is 2. The summed E-state index contributed by atoms with van der Waals surface area (Å²) in [5, 5.41) is 11.0. The van der Waals surface area contributed by atoms with E-state index >= 15 is 0 Å². The predicted octanol–water partition coefficient (Wildman–Crippen LogP) is 5.67. The molecule has 2 amide bonds. The summed E-state index contributed by atoms with van der Waals surface area (Å²) in [7, 11) is 7.04. The van der Waals surface area contributed by atoms with E-state index in [4.69, 9.17) is 9.57 Å². The Kier molecular flexibility index (Phi) is 14.5. The molecule has 2 atom stereocenters. The fraction of sp³-hybridized carbons (Fsp3) is 0.545. The number of hydrogen-bond acceptors (Lipinski definition) is 9. The second-order valence-electron chi connectivity index (χ2n) is 11.9. The fourth-order valence-corrected chi connectivity index (χ4v) is 7.64. The van der Waals surface area contributed by atoms with Gasteiger partial charge in [-0.3, -0.25) is 14.4 Å². The lowest BCUT2D eigenvalue weighted by molar-refractivity contribution is -0.126. The molecule has 1 aliphatic rings. The van der Waals surface area contributed by atoms with Gasteiger partial charge in [-0.15, -0.1) is 0 Å². The van der Waals surface area contributed by atoms with E-state index in [1.807, 2.05) is 42.4 Å². The molecule has 0 saturated heterocycles. The normalized spacial score (nSPS) is 15.1. The van der Waals surface area contributed by atoms with Crippen LogP contribution in [0.5, 0.6) is 0 Å². The molecule has 11 heteroatoms. The molecule has 9 nitrogen and oxygen atoms in total. The van der Waals surface area contributed by atoms with Crippen molar-refractivity contribution in [3.63, 3.8) is 0 Å². The van der Waals surface area contributed by atoms with Crippen molar-refractivity contribution in [2.45, 2.75) is 89.8 Å². The highest BCUT2D eigenvalue weighted by Gasteiger charge is 2.29. The highest BCUT2D eigenvalue weighted by molar-refractivity contribution is 8.77. The Morgan fingerprint density at radius 2 is 1.82 bits per heavy atom. The average molecular weight is 645 g/mol. The zero-order valence-electron chi connectivity index (χ0n) is 26.9. The molecule has 3 N–H and O–H groups in total. The maximum absolute atomic E-state index is 13.1. The minimum Gasteiger partial charge on any atom is -0.380 e. The number of hydroxylamine groups is 1. The summed E-state index contributed by atoms with van der Waals surface area (Å²) in [5.41, 5.74) is 4.76. The molecule has 0 unspecified atom stereocenters. The van der Waals surface area contributed by atoms with Crippen LogP contribution in [0.4, 0.5) is 11.4 Å². The third-order valence-electron chi connectivity index (χ3n) is 7.22. The maximum Gasteiger partial charge on any atom is 0.246 e. The van der Waals surface area contributed by atoms with Crippen LogP contribution < -0.4 is 21.0 Å². The molecule has 44 heavy (non-hydrogen) atoms. The summed E-state index contributed by atoms with van der Waals surface area (Å²) < 4.78 is 5.27. The van der Waals surface area contributed by atoms with Gasteiger partial charge in [0.2, 0.25) is 11.8 Å². The molecule has 3 rings (SSSR count). The van der Waals surface area contributed by atoms with E-state index in [9.17, 15) is 14.4 Å². The molecule has 1 heterocycles. The van der Waals surface area contributed by atoms with Crippen LogP contribution in [0.25, 0.3) is 0 Å². The largest absolute Gasteiger partial charge is 0.380 e. The summed E-state index contributed by atoms with van der Waals surface area (Å²) in [5.74, 6) is 0.660. The van der Waals surface area contributed by atoms with E-state index in [1.165, 1.54) is 5.56 Å². The van der Waals surface area contributed by atoms with Gasteiger partial charge in [-0.25, -0.2) is 5.06 Å². The molecule has 0 aromatic heterocycles. The Morgan fingerprint density at radius 1 is 1.09 bits per heavy atom. The summed E-state index contributed by atoms with van der Waals surface area (Å²) in [6, 6.07) is 13.5. The highest BCUT2D eigenvalue weighted by Crippen LogP contribution is 2.39. The first kappa shape index (κ1) is 35.9. The number of ketones is 1. The Balaban J connectivity index is 1.54. The van der Waals surface area contributed by atoms with E-state index in [2.05, 4.69) is 41.9 Å². The number of fused-ring (bicyclic) bond motifs is 1. The SMILES string of the molecule is CNC[C@@H]1Cc2ccccc2N1OCc1cc(COC)cc(NC(=O)[C@H](C)NC(=O)CCC(C)(C)SSCCCC(C)=O)c1. The van der Waals surface area contributed by atoms with Crippen LogP contribution in [0.2, 0.25) is 0 Å². The quantitative estimate of drug-likeness (QED) is 0.132. The van der Waals surface area contributed by atoms with Crippen molar-refractivity contribution in [3.8, 4) is 0 Å². The molecule has 0 fully saturated rings. The van der Waals surface area contributed by atoms with Crippen molar-refractivity contribution in [2.75, 3.05) is 36.8 Å². The lowest BCUT2D eigenvalue weighted by atomic mass is 10.1. The van der Waals surface area contributed by atoms with Gasteiger partial charge in [-0.05, 0) is 88.9 Å². The molecule has 0 bridgehead atoms. The molecule has 2 aromatic carbocycles. The van der Waals surface area contributed by atoms with Gasteiger partial charge in [0, 0.05) is 42.7 Å². The van der Waals surface area contributed by atoms with E-state index < -0.39 is 6.04 Å². The molecule has 2 aromatic rings. The zero-order chi connectivity index (χ0) is 32.1. The first-order valence-electron chi connectivity index (χ1n) is 15.2. The average Bonchev–Trinajstić information content (AvgIpc) is 3.32. The molecular formula is C33H48N4O5S2. The summed E-state index contributed by atoms with van der Waals surface area (Å²) in [6.45, 7) is 9.02. The van der Waals surface area contributed by atoms with Crippen molar-refractivity contribution in [3.05, 3.63) is 59.2 Å². The molecule has 242 valence electrons. The summed E-state index contributed by atoms with van der Waals surface area (Å²) in [6.07, 6.45) is 3.38. The number of carbonyl (C=O) groups is 3. The van der Waals surface area contributed by atoms with Crippen LogP contribution in [0, 0.1) is 0 Å². The topological polar surface area (TPSA) is 109 Å². The Morgan fingerprint density at radius 3 is 2.52 bits per heavy atom. The van der Waals surface area contributed by atoms with Crippen LogP contribution >= 0.6 is 21.6 Å². The molecule has 0 aliphatic carbocycles. The number of nitrogens with one attached hydrogen (secondary N) is 3. The van der Waals surface area contributed by atoms with Crippen molar-refractivity contribution < 1.29 is 24.0 Å². The molecule has 0 saturated carbocycles. The van der Waals surface area contributed by atoms with Crippen LogP contribution in [-0.2, 0) is 43.6 Å². The summed E-state index contributed by atoms with van der Waals surface area (Å²) in [4.78, 5) is 43.2. The van der Waals surface area contributed by atoms with E-state index in [-0.39, 0.29) is 28.4 Å². The third kappa shape index (κ3) is 11.7. The standard InChI is InChI=1S/C33H48N4O5S2/c1-23(38)10-9-15-43-44-33(3,4)14-13-31(39)35-24(2)32(40)36-28-17-25(21-41-6)16-26(18-28)22-42-37-29(20-34-5)19-27-11-7-8-12-30(27)37/h7-8,11-12,16-18,24,29,34H,9-10,13-15,19-22H2,1-6H3,(H,35,39)(H,36,40)/t24-,29-/m0/s1. The van der Waals surface area contributed by atoms with Crippen molar-refractivity contribution in [1.29, 1.82) is 0 Å². The molecular weight excluding hydrogens is 597 g/mol. The van der Waals surface area contributed by atoms with Gasteiger partial charge in [-0.1, -0.05) is 45.9 Å². The fourth-order valence-electron chi connectivity index (χ4n) is 4.98. The third-order valence-corrected chi connectivity index (χ3v) is 10.7. The number of Topliss-reactive ketones (excluding diaryl/α,β-unsaturated/α-hetero) is 1. The number of amides is 2. The summed E-state index contributed by atoms with van der Waals surface area (Å²) >= 11 is 0. The number of para-hydroxylation sites is 1. The highest BCUT2D eigenvalue weighted by atomic mass is 33.1. The number of ether oxygens (including phenoxy) is 1. The van der Waals surface area contributed by atoms with E-state index in [0.717, 1.165) is 42.0 Å².